The molecule has 1 atom stereocenters. The molecule has 0 amide bonds. The zero-order chi connectivity index (χ0) is 8.27. The second-order valence-corrected chi connectivity index (χ2v) is 2.67. The first kappa shape index (κ1) is 8.05. The first-order valence-corrected chi connectivity index (χ1v) is 3.67. The molecule has 0 aliphatic heterocycles. The molecule has 0 fully saturated rings. The van der Waals surface area contributed by atoms with Gasteiger partial charge in [0.15, 0.2) is 0 Å². The fourth-order valence-electron chi connectivity index (χ4n) is 1.05. The van der Waals surface area contributed by atoms with E-state index in [1.54, 1.807) is 0 Å². The molecule has 0 bridgehead atoms. The Morgan fingerprint density at radius 2 is 2.45 bits per heavy atom. The van der Waals surface area contributed by atoms with Gasteiger partial charge in [-0.1, -0.05) is 23.8 Å². The van der Waals surface area contributed by atoms with Gasteiger partial charge in [0.2, 0.25) is 0 Å². The molecule has 60 valence electrons. The van der Waals surface area contributed by atoms with E-state index < -0.39 is 0 Å². The number of allylic oxidation sites excluding steroid dienone is 3. The number of ether oxygens (including phenoxy) is 1. The van der Waals surface area contributed by atoms with Crippen molar-refractivity contribution in [3.05, 3.63) is 23.8 Å². The maximum absolute atomic E-state index is 11.0. The van der Waals surface area contributed by atoms with E-state index in [1.165, 1.54) is 12.7 Å². The van der Waals surface area contributed by atoms with E-state index in [0.717, 1.165) is 6.42 Å². The standard InChI is InChI=1S/C9H12O2/c1-7-3-5-8(6-4-7)9(10)11-2/h3-5,8H,6H2,1-2H3. The molecule has 0 radical (unpaired) electrons. The first-order chi connectivity index (χ1) is 5.24. The van der Waals surface area contributed by atoms with Crippen molar-refractivity contribution in [3.8, 4) is 0 Å². The van der Waals surface area contributed by atoms with Crippen molar-refractivity contribution in [3.63, 3.8) is 0 Å². The normalized spacial score (nSPS) is 22.7. The van der Waals surface area contributed by atoms with Gasteiger partial charge in [-0.05, 0) is 13.3 Å². The Morgan fingerprint density at radius 1 is 1.73 bits per heavy atom. The molecule has 0 saturated heterocycles. The van der Waals surface area contributed by atoms with Gasteiger partial charge in [-0.15, -0.1) is 0 Å². The fourth-order valence-corrected chi connectivity index (χ4v) is 1.05. The smallest absolute Gasteiger partial charge is 0.312 e. The molecular weight excluding hydrogens is 140 g/mol. The molecule has 11 heavy (non-hydrogen) atoms. The zero-order valence-corrected chi connectivity index (χ0v) is 6.83. The van der Waals surface area contributed by atoms with Crippen molar-refractivity contribution in [2.45, 2.75) is 13.3 Å². The van der Waals surface area contributed by atoms with Gasteiger partial charge >= 0.3 is 5.97 Å². The van der Waals surface area contributed by atoms with Crippen LogP contribution in [0.15, 0.2) is 23.8 Å². The number of hydrogen-bond donors (Lipinski definition) is 0. The van der Waals surface area contributed by atoms with Gasteiger partial charge in [0.05, 0.1) is 13.0 Å². The Labute approximate surface area is 66.5 Å². The number of carbonyl (C=O) groups excluding carboxylic acids is 1. The largest absolute Gasteiger partial charge is 0.469 e. The Morgan fingerprint density at radius 3 is 2.91 bits per heavy atom. The van der Waals surface area contributed by atoms with Crippen LogP contribution in [0.1, 0.15) is 13.3 Å². The maximum Gasteiger partial charge on any atom is 0.312 e. The van der Waals surface area contributed by atoms with Gasteiger partial charge in [-0.2, -0.15) is 0 Å². The van der Waals surface area contributed by atoms with E-state index in [-0.39, 0.29) is 11.9 Å². The highest BCUT2D eigenvalue weighted by Gasteiger charge is 2.15. The summed E-state index contributed by atoms with van der Waals surface area (Å²) in [6.45, 7) is 2.02. The molecule has 0 aromatic heterocycles. The third-order valence-corrected chi connectivity index (χ3v) is 1.79. The van der Waals surface area contributed by atoms with Crippen LogP contribution in [0.2, 0.25) is 0 Å². The minimum Gasteiger partial charge on any atom is -0.469 e. The van der Waals surface area contributed by atoms with E-state index >= 15 is 0 Å². The highest BCUT2D eigenvalue weighted by molar-refractivity contribution is 5.75. The van der Waals surface area contributed by atoms with Crippen molar-refractivity contribution in [2.24, 2.45) is 5.92 Å². The number of carbonyl (C=O) groups is 1. The number of esters is 1. The van der Waals surface area contributed by atoms with Gasteiger partial charge < -0.3 is 4.74 Å². The fraction of sp³-hybridized carbons (Fsp3) is 0.444. The summed E-state index contributed by atoms with van der Waals surface area (Å²) in [5.74, 6) is -0.214. The van der Waals surface area contributed by atoms with Crippen molar-refractivity contribution < 1.29 is 9.53 Å². The molecular formula is C9H12O2. The maximum atomic E-state index is 11.0. The molecule has 2 nitrogen and oxygen atoms in total. The topological polar surface area (TPSA) is 26.3 Å². The summed E-state index contributed by atoms with van der Waals surface area (Å²) in [4.78, 5) is 11.0. The third-order valence-electron chi connectivity index (χ3n) is 1.79. The van der Waals surface area contributed by atoms with E-state index in [2.05, 4.69) is 4.74 Å². The Bertz CT molecular complexity index is 214. The third kappa shape index (κ3) is 1.93. The van der Waals surface area contributed by atoms with Crippen LogP contribution in [0.5, 0.6) is 0 Å². The number of hydrogen-bond acceptors (Lipinski definition) is 2. The molecule has 0 saturated carbocycles. The Kier molecular flexibility index (Phi) is 2.47. The summed E-state index contributed by atoms with van der Waals surface area (Å²) in [5.41, 5.74) is 1.21. The molecule has 1 aliphatic carbocycles. The monoisotopic (exact) mass is 152 g/mol. The number of methoxy groups -OCH3 is 1. The van der Waals surface area contributed by atoms with Crippen molar-refractivity contribution in [1.82, 2.24) is 0 Å². The lowest BCUT2D eigenvalue weighted by molar-refractivity contribution is -0.143. The molecule has 2 heteroatoms. The summed E-state index contributed by atoms with van der Waals surface area (Å²) >= 11 is 0. The van der Waals surface area contributed by atoms with Crippen molar-refractivity contribution in [1.29, 1.82) is 0 Å². The molecule has 0 heterocycles. The van der Waals surface area contributed by atoms with Crippen molar-refractivity contribution >= 4 is 5.97 Å². The van der Waals surface area contributed by atoms with Crippen LogP contribution in [0, 0.1) is 5.92 Å². The second-order valence-electron chi connectivity index (χ2n) is 2.67. The van der Waals surface area contributed by atoms with E-state index in [9.17, 15) is 4.79 Å². The molecule has 0 spiro atoms. The van der Waals surface area contributed by atoms with E-state index in [4.69, 9.17) is 0 Å². The lowest BCUT2D eigenvalue weighted by Crippen LogP contribution is -2.14. The van der Waals surface area contributed by atoms with Crippen LogP contribution in [0.4, 0.5) is 0 Å². The van der Waals surface area contributed by atoms with E-state index in [1.807, 2.05) is 25.2 Å². The summed E-state index contributed by atoms with van der Waals surface area (Å²) in [7, 11) is 1.42. The van der Waals surface area contributed by atoms with Gasteiger partial charge in [0, 0.05) is 0 Å². The van der Waals surface area contributed by atoms with Crippen LogP contribution in [0.25, 0.3) is 0 Å². The molecule has 0 aromatic rings. The number of rotatable bonds is 1. The minimum atomic E-state index is -0.148. The molecule has 1 unspecified atom stereocenters. The minimum absolute atomic E-state index is 0.0660. The predicted molar refractivity (Wildman–Crippen MR) is 43.0 cm³/mol. The molecule has 1 rings (SSSR count). The average molecular weight is 152 g/mol. The first-order valence-electron chi connectivity index (χ1n) is 3.67. The summed E-state index contributed by atoms with van der Waals surface area (Å²) in [5, 5.41) is 0. The summed E-state index contributed by atoms with van der Waals surface area (Å²) < 4.78 is 4.61. The average Bonchev–Trinajstić information content (AvgIpc) is 2.05. The summed E-state index contributed by atoms with van der Waals surface area (Å²) in [6, 6.07) is 0. The van der Waals surface area contributed by atoms with Crippen LogP contribution in [-0.4, -0.2) is 13.1 Å². The lowest BCUT2D eigenvalue weighted by atomic mass is 9.98. The molecule has 1 aliphatic rings. The van der Waals surface area contributed by atoms with Gasteiger partial charge in [-0.3, -0.25) is 4.79 Å². The van der Waals surface area contributed by atoms with Gasteiger partial charge in [0.1, 0.15) is 0 Å². The quantitative estimate of drug-likeness (QED) is 0.534. The van der Waals surface area contributed by atoms with Gasteiger partial charge in [0.25, 0.3) is 0 Å². The highest BCUT2D eigenvalue weighted by atomic mass is 16.5. The van der Waals surface area contributed by atoms with Crippen molar-refractivity contribution in [2.75, 3.05) is 7.11 Å². The Balaban J connectivity index is 2.55. The van der Waals surface area contributed by atoms with Crippen LogP contribution >= 0.6 is 0 Å². The van der Waals surface area contributed by atoms with Crippen LogP contribution < -0.4 is 0 Å². The van der Waals surface area contributed by atoms with Crippen LogP contribution in [-0.2, 0) is 9.53 Å². The Hall–Kier alpha value is -1.05. The molecule has 0 aromatic carbocycles. The van der Waals surface area contributed by atoms with E-state index in [0.29, 0.717) is 0 Å². The predicted octanol–water partition coefficient (Wildman–Crippen LogP) is 1.68. The second kappa shape index (κ2) is 3.37. The lowest BCUT2D eigenvalue weighted by Gasteiger charge is -2.11. The SMILES string of the molecule is COC(=O)C1C=CC(C)=CC1. The summed E-state index contributed by atoms with van der Waals surface area (Å²) in [6.07, 6.45) is 6.66. The van der Waals surface area contributed by atoms with Gasteiger partial charge in [-0.25, -0.2) is 0 Å². The highest BCUT2D eigenvalue weighted by Crippen LogP contribution is 2.16. The molecule has 0 N–H and O–H groups in total. The van der Waals surface area contributed by atoms with Crippen LogP contribution in [0.3, 0.4) is 0 Å². The zero-order valence-electron chi connectivity index (χ0n) is 6.83.